The molecule has 4 heteroatoms. The molecule has 0 atom stereocenters. The molecular weight excluding hydrogens is 124 g/mol. The second-order valence-corrected chi connectivity index (χ2v) is 2.03. The molecule has 0 saturated heterocycles. The Balaban J connectivity index is 2.37. The molecule has 3 nitrogen and oxygen atoms in total. The highest BCUT2D eigenvalue weighted by Crippen LogP contribution is 2.01. The third kappa shape index (κ3) is 1.24. The fraction of sp³-hybridized carbons (Fsp3) is 0.250. The van der Waals surface area contributed by atoms with Crippen LogP contribution in [0, 0.1) is 0 Å². The summed E-state index contributed by atoms with van der Waals surface area (Å²) in [4.78, 5) is 12.7. The highest BCUT2D eigenvalue weighted by molar-refractivity contribution is 8.00. The van der Waals surface area contributed by atoms with E-state index in [4.69, 9.17) is 0 Å². The SMILES string of the molecule is O=CN1CC=CSN1. The van der Waals surface area contributed by atoms with Gasteiger partial charge in [0.15, 0.2) is 0 Å². The van der Waals surface area contributed by atoms with Gasteiger partial charge in [-0.25, -0.2) is 0 Å². The van der Waals surface area contributed by atoms with Crippen molar-refractivity contribution < 1.29 is 4.79 Å². The summed E-state index contributed by atoms with van der Waals surface area (Å²) in [7, 11) is 0. The van der Waals surface area contributed by atoms with Gasteiger partial charge in [-0.15, -0.1) is 0 Å². The van der Waals surface area contributed by atoms with Crippen LogP contribution in [0.1, 0.15) is 0 Å². The maximum Gasteiger partial charge on any atom is 0.224 e. The van der Waals surface area contributed by atoms with Crippen molar-refractivity contribution in [3.8, 4) is 0 Å². The van der Waals surface area contributed by atoms with Crippen molar-refractivity contribution in [1.82, 2.24) is 9.84 Å². The molecule has 0 aliphatic carbocycles. The molecule has 1 aliphatic rings. The number of nitrogens with zero attached hydrogens (tertiary/aromatic N) is 1. The average molecular weight is 130 g/mol. The van der Waals surface area contributed by atoms with Crippen LogP contribution in [0.5, 0.6) is 0 Å². The number of hydrazine groups is 1. The molecule has 1 rings (SSSR count). The van der Waals surface area contributed by atoms with E-state index < -0.39 is 0 Å². The van der Waals surface area contributed by atoms with Gasteiger partial charge in [-0.05, 0) is 17.4 Å². The lowest BCUT2D eigenvalue weighted by atomic mass is 10.6. The second kappa shape index (κ2) is 2.74. The molecule has 0 aromatic heterocycles. The van der Waals surface area contributed by atoms with Crippen LogP contribution in [-0.2, 0) is 4.79 Å². The molecule has 1 aliphatic heterocycles. The summed E-state index contributed by atoms with van der Waals surface area (Å²) in [6.45, 7) is 0.663. The van der Waals surface area contributed by atoms with Gasteiger partial charge in [-0.3, -0.25) is 9.80 Å². The first-order valence-electron chi connectivity index (χ1n) is 2.22. The summed E-state index contributed by atoms with van der Waals surface area (Å²) in [6, 6.07) is 0. The number of nitrogens with one attached hydrogen (secondary N) is 1. The number of amides is 1. The zero-order chi connectivity index (χ0) is 5.82. The summed E-state index contributed by atoms with van der Waals surface area (Å²) >= 11 is 1.39. The fourth-order valence-corrected chi connectivity index (χ4v) is 0.901. The van der Waals surface area contributed by atoms with Crippen LogP contribution in [0.15, 0.2) is 11.5 Å². The average Bonchev–Trinajstić information content (AvgIpc) is 1.90. The lowest BCUT2D eigenvalue weighted by molar-refractivity contribution is -0.118. The molecule has 8 heavy (non-hydrogen) atoms. The third-order valence-corrected chi connectivity index (χ3v) is 1.43. The van der Waals surface area contributed by atoms with E-state index in [1.54, 1.807) is 0 Å². The van der Waals surface area contributed by atoms with E-state index in [9.17, 15) is 4.79 Å². The first kappa shape index (κ1) is 5.65. The van der Waals surface area contributed by atoms with Crippen molar-refractivity contribution in [2.24, 2.45) is 0 Å². The molecule has 1 heterocycles. The minimum Gasteiger partial charge on any atom is -0.277 e. The van der Waals surface area contributed by atoms with Gasteiger partial charge in [0.25, 0.3) is 0 Å². The molecular formula is C4H6N2OS. The van der Waals surface area contributed by atoms with Gasteiger partial charge in [0, 0.05) is 0 Å². The van der Waals surface area contributed by atoms with Crippen LogP contribution in [0.3, 0.4) is 0 Å². The molecule has 0 fully saturated rings. The molecule has 0 saturated carbocycles. The van der Waals surface area contributed by atoms with Gasteiger partial charge in [-0.2, -0.15) is 4.83 Å². The number of rotatable bonds is 1. The van der Waals surface area contributed by atoms with Crippen molar-refractivity contribution in [3.05, 3.63) is 11.5 Å². The Morgan fingerprint density at radius 2 is 2.75 bits per heavy atom. The minimum atomic E-state index is 0.663. The Hall–Kier alpha value is -0.480. The summed E-state index contributed by atoms with van der Waals surface area (Å²) in [5, 5.41) is 3.37. The Morgan fingerprint density at radius 1 is 1.88 bits per heavy atom. The van der Waals surface area contributed by atoms with Crippen LogP contribution in [0.2, 0.25) is 0 Å². The third-order valence-electron chi connectivity index (χ3n) is 0.764. The lowest BCUT2D eigenvalue weighted by Crippen LogP contribution is -2.33. The quantitative estimate of drug-likeness (QED) is 0.404. The highest BCUT2D eigenvalue weighted by atomic mass is 32.2. The minimum absolute atomic E-state index is 0.663. The van der Waals surface area contributed by atoms with Gasteiger partial charge in [0.2, 0.25) is 6.41 Å². The molecule has 1 N–H and O–H groups in total. The summed E-state index contributed by atoms with van der Waals surface area (Å²) in [5.74, 6) is 0. The fourth-order valence-electron chi connectivity index (χ4n) is 0.405. The Morgan fingerprint density at radius 3 is 3.12 bits per heavy atom. The largest absolute Gasteiger partial charge is 0.277 e. The molecule has 0 radical (unpaired) electrons. The van der Waals surface area contributed by atoms with E-state index in [-0.39, 0.29) is 0 Å². The number of carbonyl (C=O) groups excluding carboxylic acids is 1. The highest BCUT2D eigenvalue weighted by Gasteiger charge is 1.98. The Kier molecular flexibility index (Phi) is 1.93. The molecule has 44 valence electrons. The smallest absolute Gasteiger partial charge is 0.224 e. The van der Waals surface area contributed by atoms with Gasteiger partial charge >= 0.3 is 0 Å². The second-order valence-electron chi connectivity index (χ2n) is 1.34. The van der Waals surface area contributed by atoms with Gasteiger partial charge in [-0.1, -0.05) is 6.08 Å². The molecule has 0 aromatic carbocycles. The number of hydrogen-bond acceptors (Lipinski definition) is 3. The van der Waals surface area contributed by atoms with Crippen LogP contribution in [0.25, 0.3) is 0 Å². The first-order valence-corrected chi connectivity index (χ1v) is 3.09. The van der Waals surface area contributed by atoms with E-state index in [2.05, 4.69) is 4.83 Å². The summed E-state index contributed by atoms with van der Waals surface area (Å²) in [5.41, 5.74) is 0. The molecule has 0 spiro atoms. The lowest BCUT2D eigenvalue weighted by Gasteiger charge is -2.16. The van der Waals surface area contributed by atoms with Crippen molar-refractivity contribution in [1.29, 1.82) is 0 Å². The van der Waals surface area contributed by atoms with E-state index in [1.807, 2.05) is 11.5 Å². The predicted octanol–water partition coefficient (Wildman–Crippen LogP) is 0.125. The van der Waals surface area contributed by atoms with E-state index in [0.717, 1.165) is 6.41 Å². The van der Waals surface area contributed by atoms with Crippen LogP contribution in [-0.4, -0.2) is 18.0 Å². The number of carbonyl (C=O) groups is 1. The van der Waals surface area contributed by atoms with Gasteiger partial charge in [0.1, 0.15) is 0 Å². The van der Waals surface area contributed by atoms with Crippen LogP contribution >= 0.6 is 11.9 Å². The standard InChI is InChI=1S/C4H6N2OS/c7-4-6-2-1-3-8-5-6/h1,3-5H,2H2. The maximum atomic E-state index is 9.98. The predicted molar refractivity (Wildman–Crippen MR) is 32.6 cm³/mol. The maximum absolute atomic E-state index is 9.98. The summed E-state index contributed by atoms with van der Waals surface area (Å²) in [6.07, 6.45) is 2.67. The van der Waals surface area contributed by atoms with Crippen molar-refractivity contribution in [2.75, 3.05) is 6.54 Å². The topological polar surface area (TPSA) is 32.3 Å². The molecule has 0 unspecified atom stereocenters. The van der Waals surface area contributed by atoms with E-state index >= 15 is 0 Å². The monoisotopic (exact) mass is 130 g/mol. The Bertz CT molecular complexity index is 115. The van der Waals surface area contributed by atoms with Gasteiger partial charge < -0.3 is 0 Å². The molecule has 1 amide bonds. The van der Waals surface area contributed by atoms with E-state index in [0.29, 0.717) is 6.54 Å². The first-order chi connectivity index (χ1) is 3.93. The Labute approximate surface area is 51.8 Å². The molecule has 0 aromatic rings. The zero-order valence-corrected chi connectivity index (χ0v) is 5.02. The number of hydrogen-bond donors (Lipinski definition) is 1. The van der Waals surface area contributed by atoms with Crippen LogP contribution in [0.4, 0.5) is 0 Å². The summed E-state index contributed by atoms with van der Waals surface area (Å²) < 4.78 is 0. The van der Waals surface area contributed by atoms with E-state index in [1.165, 1.54) is 17.0 Å². The normalized spacial score (nSPS) is 18.8. The van der Waals surface area contributed by atoms with Gasteiger partial charge in [0.05, 0.1) is 6.54 Å². The molecule has 0 bridgehead atoms. The van der Waals surface area contributed by atoms with Crippen molar-refractivity contribution in [3.63, 3.8) is 0 Å². The van der Waals surface area contributed by atoms with Crippen molar-refractivity contribution in [2.45, 2.75) is 0 Å². The van der Waals surface area contributed by atoms with Crippen molar-refractivity contribution >= 4 is 18.4 Å². The zero-order valence-electron chi connectivity index (χ0n) is 4.20. The van der Waals surface area contributed by atoms with Crippen LogP contribution < -0.4 is 4.83 Å².